The predicted octanol–water partition coefficient (Wildman–Crippen LogP) is 1.49. The highest BCUT2D eigenvalue weighted by molar-refractivity contribution is 9.10. The van der Waals surface area contributed by atoms with Crippen LogP contribution in [0.15, 0.2) is 35.2 Å². The fourth-order valence-corrected chi connectivity index (χ4v) is 1.38. The quantitative estimate of drug-likeness (QED) is 0.882. The number of aromatic nitrogens is 3. The SMILES string of the molecule is NCc1ccc(-n2cc(Br)cn2)nc1. The summed E-state index contributed by atoms with van der Waals surface area (Å²) in [5, 5.41) is 4.12. The number of rotatable bonds is 2. The van der Waals surface area contributed by atoms with E-state index in [-0.39, 0.29) is 0 Å². The van der Waals surface area contributed by atoms with Crippen LogP contribution < -0.4 is 5.73 Å². The molecule has 0 unspecified atom stereocenters. The molecular formula is C9H9BrN4. The van der Waals surface area contributed by atoms with E-state index < -0.39 is 0 Å². The third kappa shape index (κ3) is 1.83. The molecule has 0 saturated carbocycles. The Morgan fingerprint density at radius 1 is 1.36 bits per heavy atom. The summed E-state index contributed by atoms with van der Waals surface area (Å²) in [6.45, 7) is 0.510. The lowest BCUT2D eigenvalue weighted by Gasteiger charge is -2.00. The normalized spacial score (nSPS) is 10.4. The average Bonchev–Trinajstić information content (AvgIpc) is 2.65. The van der Waals surface area contributed by atoms with E-state index in [4.69, 9.17) is 5.73 Å². The highest BCUT2D eigenvalue weighted by atomic mass is 79.9. The number of hydrogen-bond acceptors (Lipinski definition) is 3. The summed E-state index contributed by atoms with van der Waals surface area (Å²) in [6.07, 6.45) is 5.33. The maximum Gasteiger partial charge on any atom is 0.153 e. The Balaban J connectivity index is 2.33. The molecular weight excluding hydrogens is 244 g/mol. The first-order valence-electron chi connectivity index (χ1n) is 4.15. The van der Waals surface area contributed by atoms with Crippen LogP contribution in [0.5, 0.6) is 0 Å². The highest BCUT2D eigenvalue weighted by Gasteiger charge is 1.99. The summed E-state index contributed by atoms with van der Waals surface area (Å²) in [5.74, 6) is 0.785. The van der Waals surface area contributed by atoms with Crippen LogP contribution in [0.4, 0.5) is 0 Å². The molecule has 0 spiro atoms. The molecule has 5 heteroatoms. The fraction of sp³-hybridized carbons (Fsp3) is 0.111. The Kier molecular flexibility index (Phi) is 2.60. The van der Waals surface area contributed by atoms with Crippen LogP contribution in [0.1, 0.15) is 5.56 Å². The van der Waals surface area contributed by atoms with Crippen molar-refractivity contribution in [3.05, 3.63) is 40.8 Å². The van der Waals surface area contributed by atoms with Crippen LogP contribution >= 0.6 is 15.9 Å². The molecule has 0 amide bonds. The largest absolute Gasteiger partial charge is 0.326 e. The Hall–Kier alpha value is -1.20. The second kappa shape index (κ2) is 3.89. The molecule has 72 valence electrons. The van der Waals surface area contributed by atoms with Gasteiger partial charge in [-0.2, -0.15) is 5.10 Å². The van der Waals surface area contributed by atoms with E-state index in [2.05, 4.69) is 26.0 Å². The van der Waals surface area contributed by atoms with Gasteiger partial charge in [-0.05, 0) is 27.6 Å². The topological polar surface area (TPSA) is 56.7 Å². The zero-order valence-electron chi connectivity index (χ0n) is 7.39. The Morgan fingerprint density at radius 3 is 2.71 bits per heavy atom. The molecule has 14 heavy (non-hydrogen) atoms. The highest BCUT2D eigenvalue weighted by Crippen LogP contribution is 2.10. The summed E-state index contributed by atoms with van der Waals surface area (Å²) >= 11 is 3.33. The molecule has 2 aromatic rings. The zero-order valence-corrected chi connectivity index (χ0v) is 8.98. The van der Waals surface area contributed by atoms with Crippen molar-refractivity contribution in [2.75, 3.05) is 0 Å². The number of halogens is 1. The van der Waals surface area contributed by atoms with Crippen molar-refractivity contribution in [3.8, 4) is 5.82 Å². The maximum atomic E-state index is 5.47. The minimum absolute atomic E-state index is 0.510. The molecule has 0 aliphatic carbocycles. The number of nitrogens with zero attached hydrogens (tertiary/aromatic N) is 3. The van der Waals surface area contributed by atoms with Gasteiger partial charge in [0.05, 0.1) is 10.7 Å². The van der Waals surface area contributed by atoms with Crippen molar-refractivity contribution in [2.45, 2.75) is 6.54 Å². The first kappa shape index (κ1) is 9.36. The van der Waals surface area contributed by atoms with Crippen molar-refractivity contribution in [3.63, 3.8) is 0 Å². The van der Waals surface area contributed by atoms with E-state index in [1.807, 2.05) is 18.3 Å². The van der Waals surface area contributed by atoms with Crippen LogP contribution in [0.3, 0.4) is 0 Å². The first-order chi connectivity index (χ1) is 6.79. The van der Waals surface area contributed by atoms with Crippen LogP contribution in [0.25, 0.3) is 5.82 Å². The van der Waals surface area contributed by atoms with Crippen molar-refractivity contribution >= 4 is 15.9 Å². The van der Waals surface area contributed by atoms with E-state index in [9.17, 15) is 0 Å². The molecule has 2 heterocycles. The molecule has 0 aromatic carbocycles. The lowest BCUT2D eigenvalue weighted by molar-refractivity contribution is 0.842. The lowest BCUT2D eigenvalue weighted by Crippen LogP contribution is -2.01. The van der Waals surface area contributed by atoms with E-state index in [0.717, 1.165) is 15.9 Å². The van der Waals surface area contributed by atoms with Gasteiger partial charge in [0.25, 0.3) is 0 Å². The number of pyridine rings is 1. The molecule has 0 aliphatic rings. The molecule has 2 rings (SSSR count). The smallest absolute Gasteiger partial charge is 0.153 e. The first-order valence-corrected chi connectivity index (χ1v) is 4.94. The van der Waals surface area contributed by atoms with Gasteiger partial charge < -0.3 is 5.73 Å². The standard InChI is InChI=1S/C9H9BrN4/c10-8-5-13-14(6-8)9-2-1-7(3-11)4-12-9/h1-2,4-6H,3,11H2. The predicted molar refractivity (Wildman–Crippen MR) is 57.0 cm³/mol. The number of hydrogen-bond donors (Lipinski definition) is 1. The van der Waals surface area contributed by atoms with Crippen LogP contribution in [0.2, 0.25) is 0 Å². The molecule has 4 nitrogen and oxygen atoms in total. The van der Waals surface area contributed by atoms with Gasteiger partial charge in [-0.25, -0.2) is 9.67 Å². The van der Waals surface area contributed by atoms with Crippen LogP contribution in [-0.4, -0.2) is 14.8 Å². The summed E-state index contributed by atoms with van der Waals surface area (Å²) in [5.41, 5.74) is 6.49. The summed E-state index contributed by atoms with van der Waals surface area (Å²) < 4.78 is 2.63. The van der Waals surface area contributed by atoms with E-state index in [1.165, 1.54) is 0 Å². The lowest BCUT2D eigenvalue weighted by atomic mass is 10.3. The monoisotopic (exact) mass is 252 g/mol. The minimum Gasteiger partial charge on any atom is -0.326 e. The fourth-order valence-electron chi connectivity index (χ4n) is 1.10. The van der Waals surface area contributed by atoms with E-state index >= 15 is 0 Å². The molecule has 0 fully saturated rings. The van der Waals surface area contributed by atoms with E-state index in [1.54, 1.807) is 17.1 Å². The molecule has 0 saturated heterocycles. The van der Waals surface area contributed by atoms with Gasteiger partial charge in [-0.1, -0.05) is 6.07 Å². The molecule has 0 atom stereocenters. The van der Waals surface area contributed by atoms with E-state index in [0.29, 0.717) is 6.54 Å². The number of nitrogens with two attached hydrogens (primary N) is 1. The third-order valence-corrected chi connectivity index (χ3v) is 2.24. The van der Waals surface area contributed by atoms with Crippen LogP contribution in [-0.2, 0) is 6.54 Å². The molecule has 0 bridgehead atoms. The van der Waals surface area contributed by atoms with Crippen molar-refractivity contribution in [2.24, 2.45) is 5.73 Å². The van der Waals surface area contributed by atoms with Gasteiger partial charge >= 0.3 is 0 Å². The Morgan fingerprint density at radius 2 is 2.21 bits per heavy atom. The van der Waals surface area contributed by atoms with Crippen LogP contribution in [0, 0.1) is 0 Å². The second-order valence-corrected chi connectivity index (χ2v) is 3.75. The third-order valence-electron chi connectivity index (χ3n) is 1.83. The summed E-state index contributed by atoms with van der Waals surface area (Å²) in [7, 11) is 0. The molecule has 0 aliphatic heterocycles. The van der Waals surface area contributed by atoms with Gasteiger partial charge in [0, 0.05) is 18.9 Å². The van der Waals surface area contributed by atoms with Gasteiger partial charge in [0.2, 0.25) is 0 Å². The minimum atomic E-state index is 0.510. The van der Waals surface area contributed by atoms with Crippen molar-refractivity contribution in [1.82, 2.24) is 14.8 Å². The maximum absolute atomic E-state index is 5.47. The Bertz CT molecular complexity index is 421. The average molecular weight is 253 g/mol. The molecule has 2 N–H and O–H groups in total. The second-order valence-electron chi connectivity index (χ2n) is 2.83. The summed E-state index contributed by atoms with van der Waals surface area (Å²) in [4.78, 5) is 4.23. The Labute approximate surface area is 89.9 Å². The van der Waals surface area contributed by atoms with Gasteiger partial charge in [-0.15, -0.1) is 0 Å². The zero-order chi connectivity index (χ0) is 9.97. The van der Waals surface area contributed by atoms with Gasteiger partial charge in [0.15, 0.2) is 5.82 Å². The van der Waals surface area contributed by atoms with Crippen molar-refractivity contribution < 1.29 is 0 Å². The van der Waals surface area contributed by atoms with Crippen molar-refractivity contribution in [1.29, 1.82) is 0 Å². The van der Waals surface area contributed by atoms with Gasteiger partial charge in [-0.3, -0.25) is 0 Å². The van der Waals surface area contributed by atoms with Gasteiger partial charge in [0.1, 0.15) is 0 Å². The molecule has 2 aromatic heterocycles. The summed E-state index contributed by atoms with van der Waals surface area (Å²) in [6, 6.07) is 3.83. The molecule has 0 radical (unpaired) electrons.